The first-order valence-electron chi connectivity index (χ1n) is 7.44. The average Bonchev–Trinajstić information content (AvgIpc) is 2.96. The monoisotopic (exact) mass is 286 g/mol. The summed E-state index contributed by atoms with van der Waals surface area (Å²) < 4.78 is 5.46. The molecule has 112 valence electrons. The van der Waals surface area contributed by atoms with E-state index in [1.807, 2.05) is 19.0 Å². The van der Waals surface area contributed by atoms with Gasteiger partial charge in [0.15, 0.2) is 5.82 Å². The van der Waals surface area contributed by atoms with E-state index in [1.165, 1.54) is 11.1 Å². The van der Waals surface area contributed by atoms with Crippen LogP contribution in [0.25, 0.3) is 0 Å². The van der Waals surface area contributed by atoms with Gasteiger partial charge in [0.05, 0.1) is 6.04 Å². The van der Waals surface area contributed by atoms with Crippen LogP contribution < -0.4 is 5.73 Å². The second kappa shape index (κ2) is 5.95. The van der Waals surface area contributed by atoms with Gasteiger partial charge < -0.3 is 15.2 Å². The summed E-state index contributed by atoms with van der Waals surface area (Å²) in [6.45, 7) is 0.715. The van der Waals surface area contributed by atoms with E-state index in [2.05, 4.69) is 34.4 Å². The molecule has 2 N–H and O–H groups in total. The standard InChI is InChI=1S/C16H22N4O/c1-20(2)10-14(17)15-18-16(21-19-15)13-8-7-11-5-3-4-6-12(11)9-13/h3-6,13-14H,7-10,17H2,1-2H3. The summed E-state index contributed by atoms with van der Waals surface area (Å²) >= 11 is 0. The minimum absolute atomic E-state index is 0.201. The molecular weight excluding hydrogens is 264 g/mol. The number of benzene rings is 1. The zero-order valence-electron chi connectivity index (χ0n) is 12.6. The molecule has 0 radical (unpaired) electrons. The van der Waals surface area contributed by atoms with Crippen LogP contribution in [0.15, 0.2) is 28.8 Å². The van der Waals surface area contributed by atoms with Gasteiger partial charge in [-0.05, 0) is 44.5 Å². The van der Waals surface area contributed by atoms with Gasteiger partial charge in [-0.1, -0.05) is 29.4 Å². The third-order valence-corrected chi connectivity index (χ3v) is 4.05. The number of rotatable bonds is 4. The molecule has 1 aromatic carbocycles. The quantitative estimate of drug-likeness (QED) is 0.929. The van der Waals surface area contributed by atoms with E-state index >= 15 is 0 Å². The molecule has 1 aliphatic rings. The number of nitrogens with two attached hydrogens (primary N) is 1. The molecule has 0 aliphatic heterocycles. The summed E-state index contributed by atoms with van der Waals surface area (Å²) in [6.07, 6.45) is 3.10. The molecule has 1 aliphatic carbocycles. The van der Waals surface area contributed by atoms with Crippen LogP contribution in [0.2, 0.25) is 0 Å². The maximum Gasteiger partial charge on any atom is 0.230 e. The van der Waals surface area contributed by atoms with Crippen molar-refractivity contribution < 1.29 is 4.52 Å². The van der Waals surface area contributed by atoms with Crippen molar-refractivity contribution in [3.05, 3.63) is 47.1 Å². The molecule has 1 aromatic heterocycles. The number of aromatic nitrogens is 2. The van der Waals surface area contributed by atoms with Gasteiger partial charge in [-0.15, -0.1) is 0 Å². The van der Waals surface area contributed by atoms with Crippen LogP contribution in [0, 0.1) is 0 Å². The SMILES string of the molecule is CN(C)CC(N)c1noc(C2CCc3ccccc3C2)n1. The van der Waals surface area contributed by atoms with E-state index in [0.29, 0.717) is 18.3 Å². The van der Waals surface area contributed by atoms with E-state index in [1.54, 1.807) is 0 Å². The van der Waals surface area contributed by atoms with Crippen LogP contribution in [-0.2, 0) is 12.8 Å². The third-order valence-electron chi connectivity index (χ3n) is 4.05. The minimum Gasteiger partial charge on any atom is -0.339 e. The Hall–Kier alpha value is -1.72. The lowest BCUT2D eigenvalue weighted by atomic mass is 9.84. The van der Waals surface area contributed by atoms with Crippen LogP contribution in [0.3, 0.4) is 0 Å². The van der Waals surface area contributed by atoms with Crippen molar-refractivity contribution in [2.75, 3.05) is 20.6 Å². The first-order valence-corrected chi connectivity index (χ1v) is 7.44. The molecule has 1 heterocycles. The van der Waals surface area contributed by atoms with Crippen LogP contribution >= 0.6 is 0 Å². The zero-order valence-corrected chi connectivity index (χ0v) is 12.6. The van der Waals surface area contributed by atoms with Crippen molar-refractivity contribution >= 4 is 0 Å². The predicted molar refractivity (Wildman–Crippen MR) is 81.0 cm³/mol. The molecule has 2 atom stereocenters. The highest BCUT2D eigenvalue weighted by atomic mass is 16.5. The van der Waals surface area contributed by atoms with E-state index in [-0.39, 0.29) is 6.04 Å². The number of fused-ring (bicyclic) bond motifs is 1. The third kappa shape index (κ3) is 3.14. The Balaban J connectivity index is 1.73. The fraction of sp³-hybridized carbons (Fsp3) is 0.500. The van der Waals surface area contributed by atoms with E-state index in [4.69, 9.17) is 10.3 Å². The normalized spacial score (nSPS) is 19.5. The lowest BCUT2D eigenvalue weighted by Crippen LogP contribution is -2.26. The number of aryl methyl sites for hydroxylation is 1. The molecule has 0 saturated carbocycles. The van der Waals surface area contributed by atoms with Gasteiger partial charge in [0.25, 0.3) is 0 Å². The van der Waals surface area contributed by atoms with Gasteiger partial charge in [-0.25, -0.2) is 0 Å². The van der Waals surface area contributed by atoms with Gasteiger partial charge in [-0.2, -0.15) is 4.98 Å². The summed E-state index contributed by atoms with van der Waals surface area (Å²) in [5, 5.41) is 4.06. The summed E-state index contributed by atoms with van der Waals surface area (Å²) in [5.41, 5.74) is 8.93. The molecule has 0 amide bonds. The maximum absolute atomic E-state index is 6.09. The second-order valence-electron chi connectivity index (χ2n) is 6.07. The Kier molecular flexibility index (Phi) is 4.03. The molecule has 5 nitrogen and oxygen atoms in total. The van der Waals surface area contributed by atoms with Crippen molar-refractivity contribution in [2.45, 2.75) is 31.2 Å². The zero-order chi connectivity index (χ0) is 14.8. The maximum atomic E-state index is 6.09. The van der Waals surface area contributed by atoms with Crippen LogP contribution in [0.1, 0.15) is 41.2 Å². The van der Waals surface area contributed by atoms with Crippen LogP contribution in [0.5, 0.6) is 0 Å². The molecule has 3 rings (SSSR count). The molecule has 0 spiro atoms. The van der Waals surface area contributed by atoms with Gasteiger partial charge in [0, 0.05) is 12.5 Å². The fourth-order valence-electron chi connectivity index (χ4n) is 2.95. The fourth-order valence-corrected chi connectivity index (χ4v) is 2.95. The smallest absolute Gasteiger partial charge is 0.230 e. The molecule has 21 heavy (non-hydrogen) atoms. The highest BCUT2D eigenvalue weighted by molar-refractivity contribution is 5.31. The number of likely N-dealkylation sites (N-methyl/N-ethyl adjacent to an activating group) is 1. The molecule has 0 bridgehead atoms. The number of nitrogens with zero attached hydrogens (tertiary/aromatic N) is 3. The Morgan fingerprint density at radius 3 is 2.86 bits per heavy atom. The molecule has 0 fully saturated rings. The number of hydrogen-bond donors (Lipinski definition) is 1. The van der Waals surface area contributed by atoms with E-state index in [9.17, 15) is 0 Å². The molecule has 2 aromatic rings. The molecule has 2 unspecified atom stereocenters. The highest BCUT2D eigenvalue weighted by Crippen LogP contribution is 2.31. The van der Waals surface area contributed by atoms with Crippen molar-refractivity contribution in [3.63, 3.8) is 0 Å². The second-order valence-corrected chi connectivity index (χ2v) is 6.07. The van der Waals surface area contributed by atoms with E-state index < -0.39 is 0 Å². The Bertz CT molecular complexity index is 608. The first kappa shape index (κ1) is 14.2. The van der Waals surface area contributed by atoms with Gasteiger partial charge in [0.1, 0.15) is 0 Å². The average molecular weight is 286 g/mol. The van der Waals surface area contributed by atoms with Gasteiger partial charge in [-0.3, -0.25) is 0 Å². The first-order chi connectivity index (χ1) is 10.1. The number of hydrogen-bond acceptors (Lipinski definition) is 5. The predicted octanol–water partition coefficient (Wildman–Crippen LogP) is 1.90. The summed E-state index contributed by atoms with van der Waals surface area (Å²) in [5.74, 6) is 1.65. The molecule has 5 heteroatoms. The minimum atomic E-state index is -0.201. The van der Waals surface area contributed by atoms with Crippen molar-refractivity contribution in [1.82, 2.24) is 15.0 Å². The lowest BCUT2D eigenvalue weighted by Gasteiger charge is -2.21. The Labute approximate surface area is 125 Å². The Morgan fingerprint density at radius 1 is 1.33 bits per heavy atom. The van der Waals surface area contributed by atoms with Crippen LogP contribution in [-0.4, -0.2) is 35.7 Å². The highest BCUT2D eigenvalue weighted by Gasteiger charge is 2.25. The largest absolute Gasteiger partial charge is 0.339 e. The van der Waals surface area contributed by atoms with Crippen molar-refractivity contribution in [1.29, 1.82) is 0 Å². The van der Waals surface area contributed by atoms with Gasteiger partial charge in [0.2, 0.25) is 5.89 Å². The lowest BCUT2D eigenvalue weighted by molar-refractivity contribution is 0.327. The topological polar surface area (TPSA) is 68.2 Å². The Morgan fingerprint density at radius 2 is 2.10 bits per heavy atom. The van der Waals surface area contributed by atoms with Gasteiger partial charge >= 0.3 is 0 Å². The van der Waals surface area contributed by atoms with Crippen molar-refractivity contribution in [3.8, 4) is 0 Å². The molecule has 0 saturated heterocycles. The van der Waals surface area contributed by atoms with E-state index in [0.717, 1.165) is 25.2 Å². The van der Waals surface area contributed by atoms with Crippen molar-refractivity contribution in [2.24, 2.45) is 5.73 Å². The van der Waals surface area contributed by atoms with Crippen LogP contribution in [0.4, 0.5) is 0 Å². The summed E-state index contributed by atoms with van der Waals surface area (Å²) in [6, 6.07) is 8.39. The summed E-state index contributed by atoms with van der Waals surface area (Å²) in [4.78, 5) is 6.56. The molecular formula is C16H22N4O. The summed E-state index contributed by atoms with van der Waals surface area (Å²) in [7, 11) is 3.97.